The molecule has 1 saturated heterocycles. The number of alkyl halides is 3. The Morgan fingerprint density at radius 3 is 2.33 bits per heavy atom. The molecule has 0 atom stereocenters. The molecule has 33 heavy (non-hydrogen) atoms. The standard InChI is InChI=1S/C22H24F3N5O2S/c1-13-9-18-19(10-14(13)2)28-20(16-3-5-17(6-4-16)22(23,24)25)29-21(18)30-11-15(12-30)7-8-27-33(26,31)32/h3-6,9-10,15,27H,7-8,11-12H2,1-2H3,(H2,26,31,32). The summed E-state index contributed by atoms with van der Waals surface area (Å²) in [5.41, 5.74) is 2.64. The van der Waals surface area contributed by atoms with E-state index in [2.05, 4.69) is 14.6 Å². The van der Waals surface area contributed by atoms with Crippen LogP contribution in [0, 0.1) is 19.8 Å². The molecule has 3 N–H and O–H groups in total. The Hall–Kier alpha value is -2.76. The number of hydrogen-bond donors (Lipinski definition) is 2. The highest BCUT2D eigenvalue weighted by Crippen LogP contribution is 2.35. The number of nitrogens with one attached hydrogen (secondary N) is 1. The first-order valence-corrected chi connectivity index (χ1v) is 11.9. The molecule has 4 rings (SSSR count). The van der Waals surface area contributed by atoms with Crippen molar-refractivity contribution in [1.29, 1.82) is 0 Å². The molecule has 176 valence electrons. The second-order valence-electron chi connectivity index (χ2n) is 8.40. The van der Waals surface area contributed by atoms with Crippen molar-refractivity contribution in [3.05, 3.63) is 53.1 Å². The Kier molecular flexibility index (Phi) is 6.06. The highest BCUT2D eigenvalue weighted by atomic mass is 32.2. The summed E-state index contributed by atoms with van der Waals surface area (Å²) < 4.78 is 63.2. The second kappa shape index (κ2) is 8.54. The van der Waals surface area contributed by atoms with Crippen LogP contribution in [-0.4, -0.2) is 38.0 Å². The summed E-state index contributed by atoms with van der Waals surface area (Å²) in [6, 6.07) is 8.80. The fraction of sp³-hybridized carbons (Fsp3) is 0.364. The third-order valence-corrected chi connectivity index (χ3v) is 6.48. The summed E-state index contributed by atoms with van der Waals surface area (Å²) in [6.07, 6.45) is -3.77. The molecule has 1 fully saturated rings. The first-order chi connectivity index (χ1) is 15.4. The molecule has 0 saturated carbocycles. The fourth-order valence-electron chi connectivity index (χ4n) is 3.88. The molecule has 0 unspecified atom stereocenters. The van der Waals surface area contributed by atoms with Crippen LogP contribution >= 0.6 is 0 Å². The predicted octanol–water partition coefficient (Wildman–Crippen LogP) is 3.55. The van der Waals surface area contributed by atoms with E-state index < -0.39 is 21.9 Å². The number of benzene rings is 2. The number of rotatable bonds is 6. The lowest BCUT2D eigenvalue weighted by molar-refractivity contribution is -0.137. The minimum atomic E-state index is -4.41. The summed E-state index contributed by atoms with van der Waals surface area (Å²) in [5, 5.41) is 5.83. The number of nitrogens with two attached hydrogens (primary N) is 1. The van der Waals surface area contributed by atoms with E-state index in [0.717, 1.165) is 34.2 Å². The van der Waals surface area contributed by atoms with Gasteiger partial charge in [-0.3, -0.25) is 0 Å². The van der Waals surface area contributed by atoms with Crippen molar-refractivity contribution in [2.75, 3.05) is 24.5 Å². The third kappa shape index (κ3) is 5.26. The van der Waals surface area contributed by atoms with E-state index in [9.17, 15) is 21.6 Å². The van der Waals surface area contributed by atoms with E-state index in [1.54, 1.807) is 0 Å². The van der Waals surface area contributed by atoms with Crippen LogP contribution in [0.25, 0.3) is 22.3 Å². The molecule has 0 bridgehead atoms. The molecule has 0 aliphatic carbocycles. The molecule has 2 aromatic carbocycles. The summed E-state index contributed by atoms with van der Waals surface area (Å²) >= 11 is 0. The van der Waals surface area contributed by atoms with Gasteiger partial charge in [-0.2, -0.15) is 21.6 Å². The average molecular weight is 480 g/mol. The fourth-order valence-corrected chi connectivity index (χ4v) is 4.28. The lowest BCUT2D eigenvalue weighted by Gasteiger charge is -2.41. The molecular weight excluding hydrogens is 455 g/mol. The minimum absolute atomic E-state index is 0.261. The maximum absolute atomic E-state index is 12.9. The number of fused-ring (bicyclic) bond motifs is 1. The Balaban J connectivity index is 1.64. The smallest absolute Gasteiger partial charge is 0.355 e. The number of aryl methyl sites for hydroxylation is 2. The molecule has 1 aromatic heterocycles. The molecule has 0 radical (unpaired) electrons. The monoisotopic (exact) mass is 479 g/mol. The molecule has 0 amide bonds. The molecule has 11 heteroatoms. The largest absolute Gasteiger partial charge is 0.416 e. The van der Waals surface area contributed by atoms with Gasteiger partial charge in [0.2, 0.25) is 0 Å². The van der Waals surface area contributed by atoms with Crippen molar-refractivity contribution in [1.82, 2.24) is 14.7 Å². The average Bonchev–Trinajstić information content (AvgIpc) is 2.69. The van der Waals surface area contributed by atoms with Crippen LogP contribution in [0.5, 0.6) is 0 Å². The van der Waals surface area contributed by atoms with Crippen LogP contribution < -0.4 is 14.8 Å². The van der Waals surface area contributed by atoms with E-state index in [1.165, 1.54) is 12.1 Å². The lowest BCUT2D eigenvalue weighted by Crippen LogP contribution is -2.48. The van der Waals surface area contributed by atoms with E-state index in [1.807, 2.05) is 26.0 Å². The van der Waals surface area contributed by atoms with Gasteiger partial charge in [0.15, 0.2) is 5.82 Å². The molecule has 1 aliphatic heterocycles. The highest BCUT2D eigenvalue weighted by Gasteiger charge is 2.31. The Bertz CT molecular complexity index is 1290. The van der Waals surface area contributed by atoms with Crippen LogP contribution in [-0.2, 0) is 16.4 Å². The predicted molar refractivity (Wildman–Crippen MR) is 121 cm³/mol. The number of aromatic nitrogens is 2. The Morgan fingerprint density at radius 2 is 1.73 bits per heavy atom. The van der Waals surface area contributed by atoms with Crippen molar-refractivity contribution in [3.63, 3.8) is 0 Å². The van der Waals surface area contributed by atoms with Gasteiger partial charge >= 0.3 is 6.18 Å². The van der Waals surface area contributed by atoms with Crippen LogP contribution in [0.2, 0.25) is 0 Å². The quantitative estimate of drug-likeness (QED) is 0.563. The van der Waals surface area contributed by atoms with Crippen molar-refractivity contribution >= 4 is 26.9 Å². The van der Waals surface area contributed by atoms with Crippen LogP contribution in [0.15, 0.2) is 36.4 Å². The van der Waals surface area contributed by atoms with Gasteiger partial charge in [-0.05, 0) is 61.6 Å². The van der Waals surface area contributed by atoms with Crippen LogP contribution in [0.4, 0.5) is 19.0 Å². The minimum Gasteiger partial charge on any atom is -0.355 e. The molecule has 0 spiro atoms. The van der Waals surface area contributed by atoms with Crippen molar-refractivity contribution in [2.45, 2.75) is 26.4 Å². The normalized spacial score (nSPS) is 15.2. The van der Waals surface area contributed by atoms with Gasteiger partial charge in [0.25, 0.3) is 10.2 Å². The number of nitrogens with zero attached hydrogens (tertiary/aromatic N) is 3. The first kappa shape index (κ1) is 23.4. The van der Waals surface area contributed by atoms with Crippen molar-refractivity contribution < 1.29 is 21.6 Å². The first-order valence-electron chi connectivity index (χ1n) is 10.4. The lowest BCUT2D eigenvalue weighted by atomic mass is 9.95. The topological polar surface area (TPSA) is 101 Å². The molecular formula is C22H24F3N5O2S. The van der Waals surface area contributed by atoms with Gasteiger partial charge < -0.3 is 4.90 Å². The zero-order chi connectivity index (χ0) is 24.0. The maximum Gasteiger partial charge on any atom is 0.416 e. The van der Waals surface area contributed by atoms with E-state index in [-0.39, 0.29) is 12.5 Å². The van der Waals surface area contributed by atoms with Crippen molar-refractivity contribution in [3.8, 4) is 11.4 Å². The molecule has 2 heterocycles. The van der Waals surface area contributed by atoms with E-state index in [0.29, 0.717) is 36.7 Å². The summed E-state index contributed by atoms with van der Waals surface area (Å²) in [4.78, 5) is 11.4. The van der Waals surface area contributed by atoms with Gasteiger partial charge in [0.1, 0.15) is 5.82 Å². The van der Waals surface area contributed by atoms with Crippen LogP contribution in [0.3, 0.4) is 0 Å². The molecule has 7 nitrogen and oxygen atoms in total. The zero-order valence-corrected chi connectivity index (χ0v) is 19.0. The summed E-state index contributed by atoms with van der Waals surface area (Å²) in [5.74, 6) is 1.34. The van der Waals surface area contributed by atoms with Gasteiger partial charge in [0, 0.05) is 30.6 Å². The number of hydrogen-bond acceptors (Lipinski definition) is 5. The van der Waals surface area contributed by atoms with Gasteiger partial charge in [0.05, 0.1) is 11.1 Å². The Morgan fingerprint density at radius 1 is 1.09 bits per heavy atom. The molecule has 1 aliphatic rings. The summed E-state index contributed by atoms with van der Waals surface area (Å²) in [7, 11) is -3.71. The van der Waals surface area contributed by atoms with Crippen LogP contribution in [0.1, 0.15) is 23.1 Å². The number of anilines is 1. The van der Waals surface area contributed by atoms with E-state index in [4.69, 9.17) is 10.1 Å². The Labute approximate surface area is 190 Å². The number of halogens is 3. The SMILES string of the molecule is Cc1cc2nc(-c3ccc(C(F)(F)F)cc3)nc(N3CC(CCNS(N)(=O)=O)C3)c2cc1C. The van der Waals surface area contributed by atoms with Gasteiger partial charge in [-0.25, -0.2) is 19.8 Å². The second-order valence-corrected chi connectivity index (χ2v) is 9.78. The third-order valence-electron chi connectivity index (χ3n) is 5.87. The zero-order valence-electron chi connectivity index (χ0n) is 18.1. The summed E-state index contributed by atoms with van der Waals surface area (Å²) in [6.45, 7) is 5.60. The highest BCUT2D eigenvalue weighted by molar-refractivity contribution is 7.87. The van der Waals surface area contributed by atoms with Gasteiger partial charge in [-0.15, -0.1) is 0 Å². The maximum atomic E-state index is 12.9. The van der Waals surface area contributed by atoms with E-state index >= 15 is 0 Å². The molecule has 3 aromatic rings. The van der Waals surface area contributed by atoms with Crippen molar-refractivity contribution in [2.24, 2.45) is 11.1 Å². The van der Waals surface area contributed by atoms with Gasteiger partial charge in [-0.1, -0.05) is 12.1 Å².